The van der Waals surface area contributed by atoms with Crippen molar-refractivity contribution in [1.29, 1.82) is 0 Å². The van der Waals surface area contributed by atoms with Crippen LogP contribution in [0.5, 0.6) is 0 Å². The van der Waals surface area contributed by atoms with Crippen molar-refractivity contribution in [1.82, 2.24) is 5.32 Å². The van der Waals surface area contributed by atoms with E-state index < -0.39 is 0 Å². The van der Waals surface area contributed by atoms with Gasteiger partial charge < -0.3 is 5.32 Å². The van der Waals surface area contributed by atoms with Gasteiger partial charge in [-0.3, -0.25) is 0 Å². The first-order valence-electron chi connectivity index (χ1n) is 8.63. The molecule has 1 aliphatic rings. The molecule has 0 aromatic carbocycles. The number of unbranched alkanes of at least 4 members (excludes halogenated alkanes) is 3. The summed E-state index contributed by atoms with van der Waals surface area (Å²) in [5.41, 5.74) is 0.506. The lowest BCUT2D eigenvalue weighted by molar-refractivity contribution is 0.0919. The molecule has 3 unspecified atom stereocenters. The summed E-state index contributed by atoms with van der Waals surface area (Å²) in [4.78, 5) is 0. The average Bonchev–Trinajstić information content (AvgIpc) is 2.35. The highest BCUT2D eigenvalue weighted by molar-refractivity contribution is 4.86. The Morgan fingerprint density at radius 3 is 2.32 bits per heavy atom. The number of hydrogen-bond donors (Lipinski definition) is 1. The Kier molecular flexibility index (Phi) is 7.42. The predicted molar refractivity (Wildman–Crippen MR) is 86.5 cm³/mol. The van der Waals surface area contributed by atoms with Crippen molar-refractivity contribution in [2.45, 2.75) is 79.1 Å². The number of rotatable bonds is 7. The third-order valence-electron chi connectivity index (χ3n) is 5.26. The van der Waals surface area contributed by atoms with Crippen LogP contribution in [0.1, 0.15) is 79.1 Å². The van der Waals surface area contributed by atoms with Crippen LogP contribution in [0.4, 0.5) is 0 Å². The third-order valence-corrected chi connectivity index (χ3v) is 5.26. The zero-order valence-electron chi connectivity index (χ0n) is 14.1. The maximum absolute atomic E-state index is 3.42. The van der Waals surface area contributed by atoms with Crippen LogP contribution in [0.15, 0.2) is 0 Å². The molecule has 0 amide bonds. The molecule has 3 atom stereocenters. The van der Waals surface area contributed by atoms with E-state index in [1.807, 2.05) is 0 Å². The Morgan fingerprint density at radius 1 is 1.00 bits per heavy atom. The molecule has 1 N–H and O–H groups in total. The summed E-state index contributed by atoms with van der Waals surface area (Å²) in [5.74, 6) is 2.85. The van der Waals surface area contributed by atoms with Gasteiger partial charge in [0.25, 0.3) is 0 Å². The highest BCUT2D eigenvalue weighted by atomic mass is 14.8. The SMILES string of the molecule is CCCCCCC1CC(C(C)(C)C)CCC1CNC. The summed E-state index contributed by atoms with van der Waals surface area (Å²) in [5, 5.41) is 3.42. The van der Waals surface area contributed by atoms with Gasteiger partial charge >= 0.3 is 0 Å². The first kappa shape index (κ1) is 17.0. The fourth-order valence-electron chi connectivity index (χ4n) is 3.83. The van der Waals surface area contributed by atoms with E-state index in [1.165, 1.54) is 57.9 Å². The van der Waals surface area contributed by atoms with Crippen LogP contribution in [0, 0.1) is 23.2 Å². The standard InChI is InChI=1S/C18H37N/c1-6-7-8-9-10-15-13-17(18(2,3)4)12-11-16(15)14-19-5/h15-17,19H,6-14H2,1-5H3. The molecule has 0 heterocycles. The Labute approximate surface area is 121 Å². The molecule has 1 nitrogen and oxygen atoms in total. The van der Waals surface area contributed by atoms with Gasteiger partial charge in [-0.15, -0.1) is 0 Å². The lowest BCUT2D eigenvalue weighted by atomic mass is 9.64. The second-order valence-corrected chi connectivity index (χ2v) is 7.80. The summed E-state index contributed by atoms with van der Waals surface area (Å²) < 4.78 is 0. The highest BCUT2D eigenvalue weighted by Crippen LogP contribution is 2.44. The quantitative estimate of drug-likeness (QED) is 0.621. The van der Waals surface area contributed by atoms with Gasteiger partial charge in [0.1, 0.15) is 0 Å². The van der Waals surface area contributed by atoms with E-state index in [9.17, 15) is 0 Å². The summed E-state index contributed by atoms with van der Waals surface area (Å²) in [6.45, 7) is 10.8. The second kappa shape index (κ2) is 8.29. The molecule has 0 saturated heterocycles. The lowest BCUT2D eigenvalue weighted by Crippen LogP contribution is -2.35. The predicted octanol–water partition coefficient (Wildman–Crippen LogP) is 5.25. The van der Waals surface area contributed by atoms with Gasteiger partial charge in [-0.25, -0.2) is 0 Å². The molecule has 0 bridgehead atoms. The zero-order valence-corrected chi connectivity index (χ0v) is 14.1. The van der Waals surface area contributed by atoms with E-state index in [4.69, 9.17) is 0 Å². The van der Waals surface area contributed by atoms with Crippen molar-refractivity contribution in [2.75, 3.05) is 13.6 Å². The summed E-state index contributed by atoms with van der Waals surface area (Å²) in [6, 6.07) is 0. The first-order chi connectivity index (χ1) is 8.99. The molecule has 1 aliphatic carbocycles. The highest BCUT2D eigenvalue weighted by Gasteiger charge is 2.35. The largest absolute Gasteiger partial charge is 0.319 e. The van der Waals surface area contributed by atoms with E-state index >= 15 is 0 Å². The van der Waals surface area contributed by atoms with Crippen LogP contribution >= 0.6 is 0 Å². The van der Waals surface area contributed by atoms with Crippen LogP contribution in [0.3, 0.4) is 0 Å². The second-order valence-electron chi connectivity index (χ2n) is 7.80. The maximum Gasteiger partial charge on any atom is -0.00209 e. The van der Waals surface area contributed by atoms with Crippen LogP contribution < -0.4 is 5.32 Å². The fraction of sp³-hybridized carbons (Fsp3) is 1.00. The molecular formula is C18H37N. The minimum Gasteiger partial charge on any atom is -0.319 e. The minimum atomic E-state index is 0.506. The van der Waals surface area contributed by atoms with Crippen molar-refractivity contribution >= 4 is 0 Å². The van der Waals surface area contributed by atoms with Gasteiger partial charge in [0.05, 0.1) is 0 Å². The van der Waals surface area contributed by atoms with Crippen molar-refractivity contribution in [3.8, 4) is 0 Å². The van der Waals surface area contributed by atoms with E-state index in [2.05, 4.69) is 40.1 Å². The Balaban J connectivity index is 2.48. The van der Waals surface area contributed by atoms with Gasteiger partial charge in [-0.05, 0) is 56.0 Å². The van der Waals surface area contributed by atoms with Crippen molar-refractivity contribution in [2.24, 2.45) is 23.2 Å². The van der Waals surface area contributed by atoms with Crippen LogP contribution in [0.25, 0.3) is 0 Å². The lowest BCUT2D eigenvalue weighted by Gasteiger charge is -2.42. The van der Waals surface area contributed by atoms with Crippen molar-refractivity contribution < 1.29 is 0 Å². The van der Waals surface area contributed by atoms with Gasteiger partial charge in [-0.2, -0.15) is 0 Å². The summed E-state index contributed by atoms with van der Waals surface area (Å²) in [7, 11) is 2.12. The normalized spacial score (nSPS) is 28.6. The molecule has 1 fully saturated rings. The molecule has 0 radical (unpaired) electrons. The molecule has 1 saturated carbocycles. The first-order valence-corrected chi connectivity index (χ1v) is 8.63. The summed E-state index contributed by atoms with van der Waals surface area (Å²) in [6.07, 6.45) is 11.5. The molecule has 0 aromatic heterocycles. The van der Waals surface area contributed by atoms with Crippen LogP contribution in [-0.4, -0.2) is 13.6 Å². The smallest absolute Gasteiger partial charge is 0.00209 e. The van der Waals surface area contributed by atoms with E-state index in [1.54, 1.807) is 0 Å². The maximum atomic E-state index is 3.42. The van der Waals surface area contributed by atoms with Gasteiger partial charge in [0.2, 0.25) is 0 Å². The molecular weight excluding hydrogens is 230 g/mol. The Bertz CT molecular complexity index is 228. The van der Waals surface area contributed by atoms with Crippen LogP contribution in [-0.2, 0) is 0 Å². The molecule has 19 heavy (non-hydrogen) atoms. The zero-order chi connectivity index (χ0) is 14.3. The van der Waals surface area contributed by atoms with E-state index in [0.29, 0.717) is 5.41 Å². The molecule has 0 aromatic rings. The Morgan fingerprint density at radius 2 is 1.74 bits per heavy atom. The topological polar surface area (TPSA) is 12.0 Å². The van der Waals surface area contributed by atoms with Crippen molar-refractivity contribution in [3.63, 3.8) is 0 Å². The number of nitrogens with one attached hydrogen (secondary N) is 1. The molecule has 0 spiro atoms. The van der Waals surface area contributed by atoms with E-state index in [0.717, 1.165) is 17.8 Å². The minimum absolute atomic E-state index is 0.506. The Hall–Kier alpha value is -0.0400. The monoisotopic (exact) mass is 267 g/mol. The number of hydrogen-bond acceptors (Lipinski definition) is 1. The molecule has 1 rings (SSSR count). The van der Waals surface area contributed by atoms with Gasteiger partial charge in [0.15, 0.2) is 0 Å². The average molecular weight is 268 g/mol. The molecule has 114 valence electrons. The fourth-order valence-corrected chi connectivity index (χ4v) is 3.83. The molecule has 1 heteroatoms. The van der Waals surface area contributed by atoms with Gasteiger partial charge in [-0.1, -0.05) is 59.8 Å². The molecule has 0 aliphatic heterocycles. The third kappa shape index (κ3) is 5.85. The van der Waals surface area contributed by atoms with Crippen LogP contribution in [0.2, 0.25) is 0 Å². The summed E-state index contributed by atoms with van der Waals surface area (Å²) >= 11 is 0. The van der Waals surface area contributed by atoms with Gasteiger partial charge in [0, 0.05) is 0 Å². The van der Waals surface area contributed by atoms with E-state index in [-0.39, 0.29) is 0 Å². The van der Waals surface area contributed by atoms with Crippen molar-refractivity contribution in [3.05, 3.63) is 0 Å².